The number of hydrogen-bond donors (Lipinski definition) is 2. The molecule has 0 saturated carbocycles. The molecule has 1 fully saturated rings. The summed E-state index contributed by atoms with van der Waals surface area (Å²) >= 11 is 0. The summed E-state index contributed by atoms with van der Waals surface area (Å²) in [4.78, 5) is 49.4. The molecular weight excluding hydrogens is 386 g/mol. The number of urea groups is 1. The van der Waals surface area contributed by atoms with E-state index in [1.165, 1.54) is 6.92 Å². The third-order valence-corrected chi connectivity index (χ3v) is 4.90. The predicted molar refractivity (Wildman–Crippen MR) is 112 cm³/mol. The van der Waals surface area contributed by atoms with Crippen LogP contribution in [0.15, 0.2) is 42.5 Å². The van der Waals surface area contributed by atoms with Gasteiger partial charge in [0.25, 0.3) is 11.8 Å². The van der Waals surface area contributed by atoms with Crippen LogP contribution in [0.25, 0.3) is 10.8 Å². The van der Waals surface area contributed by atoms with Crippen LogP contribution >= 0.6 is 0 Å². The lowest BCUT2D eigenvalue weighted by atomic mass is 10.1. The van der Waals surface area contributed by atoms with Crippen molar-refractivity contribution >= 4 is 40.3 Å². The minimum absolute atomic E-state index is 0.00885. The first kappa shape index (κ1) is 21.3. The Balaban J connectivity index is 1.46. The van der Waals surface area contributed by atoms with Crippen molar-refractivity contribution in [3.63, 3.8) is 0 Å². The lowest BCUT2D eigenvalue weighted by molar-refractivity contribution is -0.153. The molecule has 1 atom stereocenters. The van der Waals surface area contributed by atoms with E-state index in [2.05, 4.69) is 10.6 Å². The topological polar surface area (TPSA) is 105 Å². The number of ether oxygens (including phenoxy) is 1. The first-order chi connectivity index (χ1) is 14.2. The van der Waals surface area contributed by atoms with Crippen LogP contribution in [0.4, 0.5) is 10.5 Å². The first-order valence-electron chi connectivity index (χ1n) is 9.80. The summed E-state index contributed by atoms with van der Waals surface area (Å²) in [6.07, 6.45) is -0.724. The van der Waals surface area contributed by atoms with Crippen molar-refractivity contribution in [3.8, 4) is 0 Å². The standard InChI is InChI=1S/C22H25N3O5/c1-14(19(27)23-17-11-10-15-7-4-5-8-16(15)13-17)30-18(26)9-6-12-25-20(28)22(2,3)24-21(25)29/h4-5,7-8,10-11,13-14H,6,9,12H2,1-3H3,(H,23,27)(H,24,29)/t14-/m0/s1. The van der Waals surface area contributed by atoms with E-state index >= 15 is 0 Å². The van der Waals surface area contributed by atoms with E-state index in [0.29, 0.717) is 5.69 Å². The first-order valence-corrected chi connectivity index (χ1v) is 9.80. The molecule has 1 aliphatic heterocycles. The van der Waals surface area contributed by atoms with Crippen molar-refractivity contribution in [1.29, 1.82) is 0 Å². The fraction of sp³-hybridized carbons (Fsp3) is 0.364. The fourth-order valence-corrected chi connectivity index (χ4v) is 3.22. The van der Waals surface area contributed by atoms with Crippen molar-refractivity contribution in [2.24, 2.45) is 0 Å². The summed E-state index contributed by atoms with van der Waals surface area (Å²) in [5, 5.41) is 7.37. The second kappa shape index (κ2) is 8.52. The van der Waals surface area contributed by atoms with E-state index in [9.17, 15) is 19.2 Å². The molecule has 4 amide bonds. The van der Waals surface area contributed by atoms with Crippen LogP contribution in [0.3, 0.4) is 0 Å². The van der Waals surface area contributed by atoms with E-state index in [1.807, 2.05) is 36.4 Å². The summed E-state index contributed by atoms with van der Waals surface area (Å²) in [6.45, 7) is 4.85. The third-order valence-electron chi connectivity index (χ3n) is 4.90. The second-order valence-electron chi connectivity index (χ2n) is 7.80. The van der Waals surface area contributed by atoms with Gasteiger partial charge in [-0.3, -0.25) is 19.3 Å². The molecule has 0 unspecified atom stereocenters. The molecule has 2 aromatic carbocycles. The Morgan fingerprint density at radius 1 is 1.13 bits per heavy atom. The average Bonchev–Trinajstić information content (AvgIpc) is 2.89. The number of hydrogen-bond acceptors (Lipinski definition) is 5. The van der Waals surface area contributed by atoms with Crippen molar-refractivity contribution < 1.29 is 23.9 Å². The molecule has 1 heterocycles. The number of nitrogens with one attached hydrogen (secondary N) is 2. The van der Waals surface area contributed by atoms with Crippen molar-refractivity contribution in [3.05, 3.63) is 42.5 Å². The molecule has 0 radical (unpaired) electrons. The molecule has 8 nitrogen and oxygen atoms in total. The van der Waals surface area contributed by atoms with Gasteiger partial charge in [0, 0.05) is 18.7 Å². The van der Waals surface area contributed by atoms with Crippen LogP contribution in [-0.2, 0) is 19.1 Å². The summed E-state index contributed by atoms with van der Waals surface area (Å²) in [7, 11) is 0. The second-order valence-corrected chi connectivity index (χ2v) is 7.80. The molecule has 0 aliphatic carbocycles. The number of esters is 1. The van der Waals surface area contributed by atoms with E-state index in [-0.39, 0.29) is 25.3 Å². The van der Waals surface area contributed by atoms with E-state index < -0.39 is 29.6 Å². The maximum Gasteiger partial charge on any atom is 0.325 e. The Labute approximate surface area is 174 Å². The molecule has 2 N–H and O–H groups in total. The highest BCUT2D eigenvalue weighted by molar-refractivity contribution is 6.06. The number of carbonyl (C=O) groups excluding carboxylic acids is 4. The fourth-order valence-electron chi connectivity index (χ4n) is 3.22. The van der Waals surface area contributed by atoms with Gasteiger partial charge in [-0.2, -0.15) is 0 Å². The van der Waals surface area contributed by atoms with Gasteiger partial charge in [-0.1, -0.05) is 30.3 Å². The minimum Gasteiger partial charge on any atom is -0.453 e. The molecule has 2 aromatic rings. The molecule has 3 rings (SSSR count). The van der Waals surface area contributed by atoms with Crippen LogP contribution in [0.2, 0.25) is 0 Å². The molecule has 0 spiro atoms. The number of amides is 4. The zero-order chi connectivity index (χ0) is 21.9. The highest BCUT2D eigenvalue weighted by Gasteiger charge is 2.43. The number of nitrogens with zero attached hydrogens (tertiary/aromatic N) is 1. The van der Waals surface area contributed by atoms with Crippen LogP contribution < -0.4 is 10.6 Å². The van der Waals surface area contributed by atoms with Gasteiger partial charge in [-0.05, 0) is 50.1 Å². The van der Waals surface area contributed by atoms with Crippen LogP contribution in [0.1, 0.15) is 33.6 Å². The van der Waals surface area contributed by atoms with E-state index in [4.69, 9.17) is 4.74 Å². The van der Waals surface area contributed by atoms with Crippen LogP contribution in [0, 0.1) is 0 Å². The van der Waals surface area contributed by atoms with E-state index in [0.717, 1.165) is 15.7 Å². The van der Waals surface area contributed by atoms with Crippen LogP contribution in [0.5, 0.6) is 0 Å². The summed E-state index contributed by atoms with van der Waals surface area (Å²) in [6, 6.07) is 12.8. The summed E-state index contributed by atoms with van der Waals surface area (Å²) in [5.41, 5.74) is -0.324. The Morgan fingerprint density at radius 3 is 2.50 bits per heavy atom. The molecule has 30 heavy (non-hydrogen) atoms. The van der Waals surface area contributed by atoms with Gasteiger partial charge in [0.15, 0.2) is 6.10 Å². The van der Waals surface area contributed by atoms with Gasteiger partial charge >= 0.3 is 12.0 Å². The molecule has 0 bridgehead atoms. The minimum atomic E-state index is -0.973. The number of anilines is 1. The highest BCUT2D eigenvalue weighted by Crippen LogP contribution is 2.19. The zero-order valence-corrected chi connectivity index (χ0v) is 17.2. The van der Waals surface area contributed by atoms with Gasteiger partial charge in [-0.25, -0.2) is 4.79 Å². The Hall–Kier alpha value is -3.42. The average molecular weight is 411 g/mol. The quantitative estimate of drug-likeness (QED) is 0.538. The molecule has 0 aromatic heterocycles. The normalized spacial score (nSPS) is 16.3. The lowest BCUT2D eigenvalue weighted by Crippen LogP contribution is -2.40. The maximum atomic E-state index is 12.3. The van der Waals surface area contributed by atoms with Gasteiger partial charge in [0.1, 0.15) is 5.54 Å². The van der Waals surface area contributed by atoms with Crippen LogP contribution in [-0.4, -0.2) is 46.9 Å². The number of rotatable bonds is 7. The monoisotopic (exact) mass is 411 g/mol. The smallest absolute Gasteiger partial charge is 0.325 e. The largest absolute Gasteiger partial charge is 0.453 e. The summed E-state index contributed by atoms with van der Waals surface area (Å²) < 4.78 is 5.18. The molecule has 1 aliphatic rings. The SMILES string of the molecule is C[C@H](OC(=O)CCCN1C(=O)NC(C)(C)C1=O)C(=O)Nc1ccc2ccccc2c1. The number of fused-ring (bicyclic) bond motifs is 1. The van der Waals surface area contributed by atoms with Crippen molar-refractivity contribution in [2.45, 2.75) is 45.3 Å². The van der Waals surface area contributed by atoms with Crippen molar-refractivity contribution in [1.82, 2.24) is 10.2 Å². The molecular formula is C22H25N3O5. The number of imide groups is 1. The molecule has 1 saturated heterocycles. The van der Waals surface area contributed by atoms with Gasteiger partial charge in [0.2, 0.25) is 0 Å². The van der Waals surface area contributed by atoms with Gasteiger partial charge in [0.05, 0.1) is 0 Å². The third kappa shape index (κ3) is 4.76. The highest BCUT2D eigenvalue weighted by atomic mass is 16.5. The Bertz CT molecular complexity index is 1000. The van der Waals surface area contributed by atoms with Crippen molar-refractivity contribution in [2.75, 3.05) is 11.9 Å². The summed E-state index contributed by atoms with van der Waals surface area (Å²) in [5.74, 6) is -1.33. The lowest BCUT2D eigenvalue weighted by Gasteiger charge is -2.16. The Morgan fingerprint density at radius 2 is 1.83 bits per heavy atom. The number of carbonyl (C=O) groups is 4. The maximum absolute atomic E-state index is 12.3. The van der Waals surface area contributed by atoms with Gasteiger partial charge in [-0.15, -0.1) is 0 Å². The van der Waals surface area contributed by atoms with E-state index in [1.54, 1.807) is 19.9 Å². The van der Waals surface area contributed by atoms with Gasteiger partial charge < -0.3 is 15.4 Å². The predicted octanol–water partition coefficient (Wildman–Crippen LogP) is 2.82. The zero-order valence-electron chi connectivity index (χ0n) is 17.2. The Kier molecular flexibility index (Phi) is 6.05. The number of benzene rings is 2. The molecule has 8 heteroatoms. The molecule has 158 valence electrons.